The van der Waals surface area contributed by atoms with Crippen molar-refractivity contribution in [3.8, 4) is 5.75 Å². The largest absolute Gasteiger partial charge is 0.497 e. The van der Waals surface area contributed by atoms with Gasteiger partial charge in [0.15, 0.2) is 11.6 Å². The number of nitrogens with zero attached hydrogens (tertiary/aromatic N) is 1. The van der Waals surface area contributed by atoms with Crippen LogP contribution in [0, 0.1) is 17.8 Å². The first-order chi connectivity index (χ1) is 20.4. The van der Waals surface area contributed by atoms with E-state index in [0.29, 0.717) is 24.7 Å². The zero-order valence-electron chi connectivity index (χ0n) is 25.7. The maximum atomic E-state index is 13.8. The number of rotatable bonds is 16. The Balaban J connectivity index is 1.41. The van der Waals surface area contributed by atoms with Gasteiger partial charge in [0.05, 0.1) is 26.3 Å². The van der Waals surface area contributed by atoms with Crippen LogP contribution < -0.4 is 10.1 Å². The number of hydrogen-bond donors (Lipinski definition) is 1. The third-order valence-electron chi connectivity index (χ3n) is 9.28. The Morgan fingerprint density at radius 3 is 2.28 bits per heavy atom. The van der Waals surface area contributed by atoms with Crippen LogP contribution in [0.4, 0.5) is 8.78 Å². The van der Waals surface area contributed by atoms with Crippen molar-refractivity contribution in [2.24, 2.45) is 17.8 Å². The van der Waals surface area contributed by atoms with Crippen molar-refractivity contribution in [2.45, 2.75) is 95.6 Å². The normalized spacial score (nSPS) is 24.1. The second kappa shape index (κ2) is 14.4. The lowest BCUT2D eigenvalue weighted by Crippen LogP contribution is -2.46. The molecule has 0 unspecified atom stereocenters. The summed E-state index contributed by atoms with van der Waals surface area (Å²) in [5.41, 5.74) is -0.0153. The van der Waals surface area contributed by atoms with Crippen LogP contribution in [-0.2, 0) is 30.3 Å². The average molecular weight is 605 g/mol. The van der Waals surface area contributed by atoms with E-state index in [1.807, 2.05) is 12.1 Å². The Morgan fingerprint density at radius 1 is 1.07 bits per heavy atom. The summed E-state index contributed by atoms with van der Waals surface area (Å²) < 4.78 is 37.6. The zero-order chi connectivity index (χ0) is 31.2. The molecule has 4 atom stereocenters. The minimum absolute atomic E-state index is 0.0162. The summed E-state index contributed by atoms with van der Waals surface area (Å²) in [5, 5.41) is 2.88. The van der Waals surface area contributed by atoms with Gasteiger partial charge in [-0.25, -0.2) is 8.78 Å². The molecule has 2 aliphatic heterocycles. The molecule has 2 saturated heterocycles. The summed E-state index contributed by atoms with van der Waals surface area (Å²) in [7, 11) is 1.57. The Kier molecular flexibility index (Phi) is 11.1. The number of carbonyl (C=O) groups is 4. The molecule has 4 rings (SSSR count). The molecule has 0 spiro atoms. The van der Waals surface area contributed by atoms with E-state index in [-0.39, 0.29) is 69.1 Å². The quantitative estimate of drug-likeness (QED) is 0.276. The number of ether oxygens (including phenoxy) is 2. The first-order valence-corrected chi connectivity index (χ1v) is 15.6. The van der Waals surface area contributed by atoms with Crippen LogP contribution in [0.3, 0.4) is 0 Å². The smallest absolute Gasteiger partial charge is 0.250 e. The molecule has 1 N–H and O–H groups in total. The van der Waals surface area contributed by atoms with Gasteiger partial charge in [-0.15, -0.1) is 0 Å². The van der Waals surface area contributed by atoms with E-state index >= 15 is 0 Å². The predicted octanol–water partition coefficient (Wildman–Crippen LogP) is 4.56. The Morgan fingerprint density at radius 2 is 1.70 bits per heavy atom. The van der Waals surface area contributed by atoms with E-state index in [9.17, 15) is 28.0 Å². The van der Waals surface area contributed by atoms with Gasteiger partial charge in [0.1, 0.15) is 17.1 Å². The van der Waals surface area contributed by atoms with Crippen LogP contribution in [0.5, 0.6) is 5.75 Å². The molecule has 238 valence electrons. The van der Waals surface area contributed by atoms with E-state index in [1.165, 1.54) is 0 Å². The highest BCUT2D eigenvalue weighted by Crippen LogP contribution is 2.37. The number of epoxide rings is 1. The summed E-state index contributed by atoms with van der Waals surface area (Å²) >= 11 is 0. The topological polar surface area (TPSA) is 105 Å². The number of piperidine rings is 1. The molecule has 1 aromatic carbocycles. The third kappa shape index (κ3) is 9.63. The Labute approximate surface area is 253 Å². The van der Waals surface area contributed by atoms with Crippen molar-refractivity contribution in [3.05, 3.63) is 29.8 Å². The van der Waals surface area contributed by atoms with Gasteiger partial charge in [-0.1, -0.05) is 44.7 Å². The van der Waals surface area contributed by atoms with Crippen molar-refractivity contribution < 1.29 is 37.4 Å². The van der Waals surface area contributed by atoms with Gasteiger partial charge in [0, 0.05) is 50.6 Å². The number of Topliss-reactive ketones (excluding diaryl/α,β-unsaturated/α-hetero) is 3. The van der Waals surface area contributed by atoms with Crippen LogP contribution in [0.1, 0.15) is 77.2 Å². The van der Waals surface area contributed by atoms with Crippen LogP contribution >= 0.6 is 0 Å². The SMILES string of the molecule is COc1ccc(C[C@H](NC(=O)[C@H](C)CC(=O)CN2CCC(F)(F)CC2)C(=O)C[C@@H](CC2CCCC2)C(=O)[C@@]2(C)CO2)cc1. The summed E-state index contributed by atoms with van der Waals surface area (Å²) in [6, 6.07) is 6.36. The Hall–Kier alpha value is -2.72. The molecule has 43 heavy (non-hydrogen) atoms. The minimum Gasteiger partial charge on any atom is -0.497 e. The first-order valence-electron chi connectivity index (χ1n) is 15.6. The molecule has 3 fully saturated rings. The van der Waals surface area contributed by atoms with Crippen LogP contribution in [0.25, 0.3) is 0 Å². The van der Waals surface area contributed by atoms with E-state index in [4.69, 9.17) is 9.47 Å². The maximum absolute atomic E-state index is 13.8. The highest BCUT2D eigenvalue weighted by atomic mass is 19.3. The van der Waals surface area contributed by atoms with E-state index in [0.717, 1.165) is 31.2 Å². The fourth-order valence-corrected chi connectivity index (χ4v) is 6.34. The standard InChI is InChI=1S/C33H46F2N2O6/c1-22(16-26(38)20-37-14-12-33(34,35)13-15-37)31(41)36-28(18-24-8-10-27(42-3)11-9-24)29(39)19-25(17-23-6-4-5-7-23)30(40)32(2)21-43-32/h8-11,22-23,25,28H,4-7,12-21H2,1-3H3,(H,36,41)/t22-,25-,28+,32-/m1/s1. The van der Waals surface area contributed by atoms with E-state index < -0.39 is 35.3 Å². The number of benzene rings is 1. The number of likely N-dealkylation sites (tertiary alicyclic amines) is 1. The van der Waals surface area contributed by atoms with Gasteiger partial charge in [-0.3, -0.25) is 24.1 Å². The van der Waals surface area contributed by atoms with Gasteiger partial charge < -0.3 is 14.8 Å². The van der Waals surface area contributed by atoms with Crippen LogP contribution in [-0.4, -0.2) is 79.1 Å². The summed E-state index contributed by atoms with van der Waals surface area (Å²) in [6.07, 6.45) is 4.63. The first kappa shape index (κ1) is 33.2. The summed E-state index contributed by atoms with van der Waals surface area (Å²) in [5.74, 6) is -3.71. The third-order valence-corrected chi connectivity index (χ3v) is 9.28. The second-order valence-electron chi connectivity index (χ2n) is 13.0. The number of halogens is 2. The van der Waals surface area contributed by atoms with Gasteiger partial charge >= 0.3 is 0 Å². The monoisotopic (exact) mass is 604 g/mol. The predicted molar refractivity (Wildman–Crippen MR) is 157 cm³/mol. The fraction of sp³-hybridized carbons (Fsp3) is 0.697. The molecular weight excluding hydrogens is 558 g/mol. The molecule has 1 aromatic rings. The number of nitrogens with one attached hydrogen (secondary N) is 1. The molecule has 10 heteroatoms. The van der Waals surface area contributed by atoms with Crippen molar-refractivity contribution in [3.63, 3.8) is 0 Å². The molecule has 3 aliphatic rings. The number of hydrogen-bond acceptors (Lipinski definition) is 7. The molecular formula is C33H46F2N2O6. The fourth-order valence-electron chi connectivity index (χ4n) is 6.34. The zero-order valence-corrected chi connectivity index (χ0v) is 25.7. The molecule has 1 saturated carbocycles. The van der Waals surface area contributed by atoms with Gasteiger partial charge in [0.2, 0.25) is 5.91 Å². The van der Waals surface area contributed by atoms with Gasteiger partial charge in [-0.2, -0.15) is 0 Å². The minimum atomic E-state index is -2.69. The lowest BCUT2D eigenvalue weighted by atomic mass is 9.81. The van der Waals surface area contributed by atoms with E-state index in [1.54, 1.807) is 38.0 Å². The molecule has 1 amide bonds. The van der Waals surface area contributed by atoms with Crippen LogP contribution in [0.2, 0.25) is 0 Å². The average Bonchev–Trinajstić information content (AvgIpc) is 3.51. The molecule has 0 aromatic heterocycles. The number of carbonyl (C=O) groups excluding carboxylic acids is 4. The molecule has 1 aliphatic carbocycles. The molecule has 0 bridgehead atoms. The summed E-state index contributed by atoms with van der Waals surface area (Å²) in [4.78, 5) is 54.9. The Bertz CT molecular complexity index is 1140. The van der Waals surface area contributed by atoms with Crippen molar-refractivity contribution in [1.29, 1.82) is 0 Å². The highest BCUT2D eigenvalue weighted by Gasteiger charge is 2.50. The lowest BCUT2D eigenvalue weighted by molar-refractivity contribution is -0.134. The number of amides is 1. The van der Waals surface area contributed by atoms with Gasteiger partial charge in [0.25, 0.3) is 5.92 Å². The lowest BCUT2D eigenvalue weighted by Gasteiger charge is -2.31. The van der Waals surface area contributed by atoms with Crippen LogP contribution in [0.15, 0.2) is 24.3 Å². The maximum Gasteiger partial charge on any atom is 0.250 e. The highest BCUT2D eigenvalue weighted by molar-refractivity contribution is 5.97. The number of alkyl halides is 2. The number of methoxy groups -OCH3 is 1. The summed E-state index contributed by atoms with van der Waals surface area (Å²) in [6.45, 7) is 4.06. The molecule has 2 heterocycles. The van der Waals surface area contributed by atoms with E-state index in [2.05, 4.69) is 5.32 Å². The van der Waals surface area contributed by atoms with Crippen molar-refractivity contribution in [2.75, 3.05) is 33.4 Å². The molecule has 8 nitrogen and oxygen atoms in total. The molecule has 0 radical (unpaired) electrons. The van der Waals surface area contributed by atoms with Crippen molar-refractivity contribution in [1.82, 2.24) is 10.2 Å². The van der Waals surface area contributed by atoms with Crippen molar-refractivity contribution >= 4 is 23.3 Å². The number of ketones is 3. The van der Waals surface area contributed by atoms with Gasteiger partial charge in [-0.05, 0) is 43.4 Å². The second-order valence-corrected chi connectivity index (χ2v) is 13.0.